The number of nitrogens with two attached hydrogens (primary N) is 1. The Labute approximate surface area is 168 Å². The average Bonchev–Trinajstić information content (AvgIpc) is 3.40. The average molecular weight is 424 g/mol. The lowest BCUT2D eigenvalue weighted by Gasteiger charge is -2.19. The molecule has 1 aromatic carbocycles. The number of nitrogen functional groups attached to an aromatic ring is 1. The summed E-state index contributed by atoms with van der Waals surface area (Å²) in [6.07, 6.45) is -1.54. The van der Waals surface area contributed by atoms with Gasteiger partial charge in [-0.1, -0.05) is 32.6 Å². The number of hydrogen-bond acceptors (Lipinski definition) is 5. The molecule has 1 atom stereocenters. The summed E-state index contributed by atoms with van der Waals surface area (Å²) in [5, 5.41) is 2.86. The number of benzene rings is 1. The van der Waals surface area contributed by atoms with Crippen molar-refractivity contribution in [1.82, 2.24) is 4.98 Å². The third-order valence-corrected chi connectivity index (χ3v) is 7.14. The van der Waals surface area contributed by atoms with E-state index < -0.39 is 21.6 Å². The highest BCUT2D eigenvalue weighted by Gasteiger charge is 2.39. The van der Waals surface area contributed by atoms with Gasteiger partial charge >= 0.3 is 6.18 Å². The summed E-state index contributed by atoms with van der Waals surface area (Å²) in [4.78, 5) is 3.76. The van der Waals surface area contributed by atoms with E-state index in [1.165, 1.54) is 0 Å². The predicted octanol–water partition coefficient (Wildman–Crippen LogP) is 5.24. The fraction of sp³-hybridized carbons (Fsp3) is 0.350. The van der Waals surface area contributed by atoms with Gasteiger partial charge in [0.2, 0.25) is 0 Å². The normalized spacial score (nSPS) is 17.4. The highest BCUT2D eigenvalue weighted by Crippen LogP contribution is 2.48. The van der Waals surface area contributed by atoms with Gasteiger partial charge in [-0.2, -0.15) is 13.2 Å². The van der Waals surface area contributed by atoms with Gasteiger partial charge in [0, 0.05) is 17.0 Å². The van der Waals surface area contributed by atoms with Gasteiger partial charge in [-0.05, 0) is 36.0 Å². The molecule has 0 radical (unpaired) electrons. The van der Waals surface area contributed by atoms with Gasteiger partial charge in [-0.25, -0.2) is 14.0 Å². The van der Waals surface area contributed by atoms with E-state index in [0.29, 0.717) is 10.5 Å². The van der Waals surface area contributed by atoms with Crippen molar-refractivity contribution in [2.75, 3.05) is 16.8 Å². The Bertz CT molecular complexity index is 1070. The molecule has 9 heteroatoms. The van der Waals surface area contributed by atoms with Crippen LogP contribution in [0.25, 0.3) is 5.70 Å². The van der Waals surface area contributed by atoms with Gasteiger partial charge in [0.25, 0.3) is 0 Å². The van der Waals surface area contributed by atoms with E-state index in [9.17, 15) is 17.4 Å². The van der Waals surface area contributed by atoms with Crippen molar-refractivity contribution < 1.29 is 17.4 Å². The summed E-state index contributed by atoms with van der Waals surface area (Å²) in [6.45, 7) is 7.72. The van der Waals surface area contributed by atoms with Crippen LogP contribution in [-0.4, -0.2) is 14.9 Å². The number of halogens is 3. The van der Waals surface area contributed by atoms with Crippen molar-refractivity contribution in [3.63, 3.8) is 0 Å². The van der Waals surface area contributed by atoms with Crippen LogP contribution >= 0.6 is 0 Å². The Morgan fingerprint density at radius 2 is 2.03 bits per heavy atom. The minimum atomic E-state index is -4.59. The van der Waals surface area contributed by atoms with Crippen LogP contribution in [0.5, 0.6) is 0 Å². The van der Waals surface area contributed by atoms with Gasteiger partial charge in [0.05, 0.1) is 32.2 Å². The quantitative estimate of drug-likeness (QED) is 0.591. The summed E-state index contributed by atoms with van der Waals surface area (Å²) in [7, 11) is -3.05. The van der Waals surface area contributed by atoms with E-state index in [4.69, 9.17) is 10.5 Å². The van der Waals surface area contributed by atoms with Crippen LogP contribution < -0.4 is 11.1 Å². The maximum Gasteiger partial charge on any atom is 0.433 e. The highest BCUT2D eigenvalue weighted by atomic mass is 32.2. The fourth-order valence-electron chi connectivity index (χ4n) is 3.01. The molecule has 0 amide bonds. The first-order valence-corrected chi connectivity index (χ1v) is 10.8. The third-order valence-electron chi connectivity index (χ3n) is 5.28. The summed E-state index contributed by atoms with van der Waals surface area (Å²) in [5.74, 6) is 0.136. The molecule has 5 nitrogen and oxygen atoms in total. The Kier molecular flexibility index (Phi) is 5.15. The van der Waals surface area contributed by atoms with E-state index in [1.54, 1.807) is 19.1 Å². The van der Waals surface area contributed by atoms with Crippen molar-refractivity contribution in [2.24, 2.45) is 0 Å². The summed E-state index contributed by atoms with van der Waals surface area (Å²) in [5.41, 5.74) is 6.49. The summed E-state index contributed by atoms with van der Waals surface area (Å²) >= 11 is 0. The molecular formula is C20H23F3N4OS. The van der Waals surface area contributed by atoms with E-state index >= 15 is 0 Å². The Balaban J connectivity index is 1.97. The van der Waals surface area contributed by atoms with Crippen LogP contribution in [0.1, 0.15) is 43.5 Å². The molecule has 1 fully saturated rings. The maximum absolute atomic E-state index is 12.9. The number of pyridine rings is 1. The minimum Gasteiger partial charge on any atom is -0.397 e. The lowest BCUT2D eigenvalue weighted by molar-refractivity contribution is -0.141. The second-order valence-corrected chi connectivity index (χ2v) is 9.86. The van der Waals surface area contributed by atoms with Gasteiger partial charge in [0.15, 0.2) is 0 Å². The topological polar surface area (TPSA) is 91.9 Å². The number of hydrogen-bond donors (Lipinski definition) is 3. The van der Waals surface area contributed by atoms with E-state index in [-0.39, 0.29) is 28.2 Å². The first-order valence-electron chi connectivity index (χ1n) is 9.07. The predicted molar refractivity (Wildman–Crippen MR) is 109 cm³/mol. The second kappa shape index (κ2) is 7.05. The molecule has 0 saturated heterocycles. The van der Waals surface area contributed by atoms with Crippen LogP contribution in [0.3, 0.4) is 0 Å². The third kappa shape index (κ3) is 4.24. The van der Waals surface area contributed by atoms with Crippen LogP contribution in [0.4, 0.5) is 24.5 Å². The molecule has 1 unspecified atom stereocenters. The van der Waals surface area contributed by atoms with Gasteiger partial charge in [-0.15, -0.1) is 0 Å². The molecule has 1 saturated carbocycles. The van der Waals surface area contributed by atoms with Gasteiger partial charge in [0.1, 0.15) is 5.69 Å². The first-order chi connectivity index (χ1) is 13.4. The van der Waals surface area contributed by atoms with E-state index in [0.717, 1.165) is 30.7 Å². The van der Waals surface area contributed by atoms with Crippen molar-refractivity contribution in [3.05, 3.63) is 53.9 Å². The van der Waals surface area contributed by atoms with E-state index in [1.807, 2.05) is 6.07 Å². The van der Waals surface area contributed by atoms with Crippen molar-refractivity contribution in [3.8, 4) is 0 Å². The molecule has 29 heavy (non-hydrogen) atoms. The maximum atomic E-state index is 12.9. The van der Waals surface area contributed by atoms with Crippen LogP contribution in [0.2, 0.25) is 0 Å². The number of anilines is 2. The van der Waals surface area contributed by atoms with Gasteiger partial charge < -0.3 is 11.1 Å². The van der Waals surface area contributed by atoms with Gasteiger partial charge in [-0.3, -0.25) is 0 Å². The molecule has 1 aliphatic rings. The Morgan fingerprint density at radius 3 is 2.55 bits per heavy atom. The highest BCUT2D eigenvalue weighted by molar-refractivity contribution is 7.92. The lowest BCUT2D eigenvalue weighted by Crippen LogP contribution is -2.12. The lowest BCUT2D eigenvalue weighted by atomic mass is 9.96. The molecule has 1 heterocycles. The molecule has 1 aliphatic carbocycles. The van der Waals surface area contributed by atoms with Crippen molar-refractivity contribution in [1.29, 1.82) is 4.78 Å². The molecule has 0 bridgehead atoms. The van der Waals surface area contributed by atoms with Crippen molar-refractivity contribution in [2.45, 2.75) is 43.2 Å². The monoisotopic (exact) mass is 424 g/mol. The SMILES string of the molecule is C=C(Nc1cnc(C(F)(F)F)cc1N)c1ccc(C2(C)CC2)cc1S(=N)(=O)CC. The Morgan fingerprint density at radius 1 is 1.38 bits per heavy atom. The standard InChI is InChI=1S/C20H23F3N4OS/c1-4-29(25,28)17-9-13(19(3)7-8-19)5-6-14(17)12(2)27-16-11-26-18(10-15(16)24)20(21,22)23/h5-6,9-11,25,27H,2,4,7-8H2,1,3H3,(H2,24,26). The van der Waals surface area contributed by atoms with Crippen LogP contribution in [0.15, 0.2) is 41.9 Å². The number of alkyl halides is 3. The van der Waals surface area contributed by atoms with Crippen LogP contribution in [-0.2, 0) is 21.3 Å². The zero-order valence-electron chi connectivity index (χ0n) is 16.2. The zero-order chi connectivity index (χ0) is 21.6. The fourth-order valence-corrected chi connectivity index (χ4v) is 4.19. The van der Waals surface area contributed by atoms with Crippen LogP contribution in [0, 0.1) is 4.78 Å². The smallest absolute Gasteiger partial charge is 0.397 e. The zero-order valence-corrected chi connectivity index (χ0v) is 17.0. The first kappa shape index (κ1) is 21.2. The number of rotatable bonds is 6. The number of nitrogens with zero attached hydrogens (tertiary/aromatic N) is 1. The molecule has 0 spiro atoms. The molecule has 1 aromatic heterocycles. The molecule has 4 N–H and O–H groups in total. The van der Waals surface area contributed by atoms with E-state index in [2.05, 4.69) is 23.8 Å². The molecular weight excluding hydrogens is 401 g/mol. The second-order valence-electron chi connectivity index (χ2n) is 7.49. The minimum absolute atomic E-state index is 0.0348. The van der Waals surface area contributed by atoms with Crippen molar-refractivity contribution >= 4 is 26.8 Å². The Hall–Kier alpha value is -2.55. The summed E-state index contributed by atoms with van der Waals surface area (Å²) in [6, 6.07) is 6.20. The number of aromatic nitrogens is 1. The summed E-state index contributed by atoms with van der Waals surface area (Å²) < 4.78 is 59.5. The molecule has 156 valence electrons. The molecule has 0 aliphatic heterocycles. The molecule has 3 rings (SSSR count). The molecule has 2 aromatic rings. The largest absolute Gasteiger partial charge is 0.433 e. The number of nitrogens with one attached hydrogen (secondary N) is 2.